The summed E-state index contributed by atoms with van der Waals surface area (Å²) in [4.78, 5) is 38.8. The molecule has 2 amide bonds. The Kier molecular flexibility index (Phi) is 5.16. The third-order valence-electron chi connectivity index (χ3n) is 8.27. The third-order valence-corrected chi connectivity index (χ3v) is 8.27. The summed E-state index contributed by atoms with van der Waals surface area (Å²) in [5.41, 5.74) is 4.70. The van der Waals surface area contributed by atoms with Gasteiger partial charge in [-0.25, -0.2) is 9.59 Å². The highest BCUT2D eigenvalue weighted by molar-refractivity contribution is 5.90. The third kappa shape index (κ3) is 3.70. The number of ether oxygens (including phenoxy) is 1. The van der Waals surface area contributed by atoms with E-state index in [4.69, 9.17) is 9.84 Å². The molecule has 4 aliphatic rings. The number of benzene rings is 2. The smallest absolute Gasteiger partial charge is 0.407 e. The summed E-state index contributed by atoms with van der Waals surface area (Å²) >= 11 is 0. The molecule has 0 saturated heterocycles. The zero-order chi connectivity index (χ0) is 24.2. The lowest BCUT2D eigenvalue weighted by Crippen LogP contribution is -2.42. The van der Waals surface area contributed by atoms with E-state index in [0.717, 1.165) is 12.8 Å². The van der Waals surface area contributed by atoms with E-state index in [1.165, 1.54) is 22.3 Å². The topological polar surface area (TPSA) is 95.9 Å². The first kappa shape index (κ1) is 21.9. The van der Waals surface area contributed by atoms with Crippen LogP contribution in [0.2, 0.25) is 0 Å². The Morgan fingerprint density at radius 1 is 1.03 bits per heavy atom. The summed E-state index contributed by atoms with van der Waals surface area (Å²) in [6.07, 6.45) is 3.82. The second kappa shape index (κ2) is 8.26. The Labute approximate surface area is 203 Å². The van der Waals surface area contributed by atoms with Crippen LogP contribution in [0.25, 0.3) is 11.1 Å². The number of aliphatic carboxylic acids is 1. The predicted molar refractivity (Wildman–Crippen MR) is 129 cm³/mol. The minimum absolute atomic E-state index is 0.0147. The van der Waals surface area contributed by atoms with Crippen molar-refractivity contribution in [2.24, 2.45) is 11.3 Å². The molecule has 2 saturated carbocycles. The van der Waals surface area contributed by atoms with Gasteiger partial charge >= 0.3 is 12.1 Å². The van der Waals surface area contributed by atoms with Gasteiger partial charge in [0.25, 0.3) is 0 Å². The molecule has 2 fully saturated rings. The molecule has 35 heavy (non-hydrogen) atoms. The van der Waals surface area contributed by atoms with Crippen molar-refractivity contribution in [3.63, 3.8) is 0 Å². The summed E-state index contributed by atoms with van der Waals surface area (Å²) in [5.74, 6) is -0.521. The number of alkyl carbamates (subject to hydrolysis) is 1. The number of hydrogen-bond donors (Lipinski definition) is 2. The van der Waals surface area contributed by atoms with Crippen LogP contribution in [0.1, 0.15) is 42.7 Å². The second-order valence-corrected chi connectivity index (χ2v) is 10.2. The number of fused-ring (bicyclic) bond motifs is 4. The van der Waals surface area contributed by atoms with Crippen molar-refractivity contribution in [1.82, 2.24) is 10.2 Å². The maximum Gasteiger partial charge on any atom is 0.407 e. The van der Waals surface area contributed by atoms with E-state index in [9.17, 15) is 14.4 Å². The van der Waals surface area contributed by atoms with Crippen molar-refractivity contribution in [1.29, 1.82) is 0 Å². The van der Waals surface area contributed by atoms with E-state index < -0.39 is 17.5 Å². The standard InChI is InChI=1S/C28H28N2O5/c31-25(32)17-9-11-30(12-10-17)26(33)28-14-18(28)13-19(15-28)29-27(34)35-16-24-22-7-3-1-5-20(22)21-6-2-4-8-23(21)24/h1-9,18-19,24H,10-16H2,(H,29,34)(H,31,32)/t18-,19+,28+/m0/s1. The summed E-state index contributed by atoms with van der Waals surface area (Å²) < 4.78 is 5.69. The molecule has 7 nitrogen and oxygen atoms in total. The van der Waals surface area contributed by atoms with Crippen molar-refractivity contribution < 1.29 is 24.2 Å². The fourth-order valence-electron chi connectivity index (χ4n) is 6.43. The summed E-state index contributed by atoms with van der Waals surface area (Å²) in [5, 5.41) is 12.1. The van der Waals surface area contributed by atoms with E-state index in [1.807, 2.05) is 24.3 Å². The van der Waals surface area contributed by atoms with E-state index in [0.29, 0.717) is 31.5 Å². The Hall–Kier alpha value is -3.61. The summed E-state index contributed by atoms with van der Waals surface area (Å²) in [6.45, 7) is 1.06. The molecule has 2 N–H and O–H groups in total. The molecule has 0 aromatic heterocycles. The van der Waals surface area contributed by atoms with Gasteiger partial charge in [0.05, 0.1) is 5.41 Å². The highest BCUT2D eigenvalue weighted by Crippen LogP contribution is 2.64. The monoisotopic (exact) mass is 472 g/mol. The molecule has 3 atom stereocenters. The van der Waals surface area contributed by atoms with Gasteiger partial charge in [0.2, 0.25) is 5.91 Å². The summed E-state index contributed by atoms with van der Waals surface area (Å²) in [7, 11) is 0. The predicted octanol–water partition coefficient (Wildman–Crippen LogP) is 3.94. The van der Waals surface area contributed by atoms with Crippen LogP contribution in [0.5, 0.6) is 0 Å². The first-order valence-corrected chi connectivity index (χ1v) is 12.3. The van der Waals surface area contributed by atoms with Crippen molar-refractivity contribution in [2.75, 3.05) is 19.7 Å². The lowest BCUT2D eigenvalue weighted by molar-refractivity contribution is -0.138. The summed E-state index contributed by atoms with van der Waals surface area (Å²) in [6, 6.07) is 16.4. The Morgan fingerprint density at radius 2 is 1.71 bits per heavy atom. The number of nitrogens with one attached hydrogen (secondary N) is 1. The van der Waals surface area contributed by atoms with Gasteiger partial charge in [-0.3, -0.25) is 4.79 Å². The number of amides is 2. The van der Waals surface area contributed by atoms with Crippen molar-refractivity contribution in [2.45, 2.75) is 37.6 Å². The van der Waals surface area contributed by atoms with Crippen molar-refractivity contribution >= 4 is 18.0 Å². The number of carboxylic acid groups (broad SMARTS) is 1. The van der Waals surface area contributed by atoms with Gasteiger partial charge in [0.15, 0.2) is 0 Å². The first-order chi connectivity index (χ1) is 17.0. The Balaban J connectivity index is 1.05. The molecule has 0 unspecified atom stereocenters. The quantitative estimate of drug-likeness (QED) is 0.687. The minimum Gasteiger partial charge on any atom is -0.478 e. The zero-order valence-electron chi connectivity index (χ0n) is 19.4. The van der Waals surface area contributed by atoms with Gasteiger partial charge in [0, 0.05) is 30.6 Å². The fourth-order valence-corrected chi connectivity index (χ4v) is 6.43. The highest BCUT2D eigenvalue weighted by Gasteiger charge is 2.66. The van der Waals surface area contributed by atoms with Crippen molar-refractivity contribution in [3.05, 3.63) is 71.3 Å². The molecule has 0 spiro atoms. The number of carbonyl (C=O) groups is 3. The zero-order valence-corrected chi connectivity index (χ0v) is 19.4. The van der Waals surface area contributed by atoms with Crippen LogP contribution in [0.4, 0.5) is 4.79 Å². The molecule has 0 bridgehead atoms. The van der Waals surface area contributed by atoms with Crippen molar-refractivity contribution in [3.8, 4) is 11.1 Å². The van der Waals surface area contributed by atoms with Crippen LogP contribution >= 0.6 is 0 Å². The van der Waals surface area contributed by atoms with Gasteiger partial charge in [-0.1, -0.05) is 54.6 Å². The number of hydrogen-bond acceptors (Lipinski definition) is 4. The van der Waals surface area contributed by atoms with E-state index in [2.05, 4.69) is 29.6 Å². The van der Waals surface area contributed by atoms with Crippen LogP contribution in [0, 0.1) is 11.3 Å². The van der Waals surface area contributed by atoms with Gasteiger partial charge < -0.3 is 20.1 Å². The lowest BCUT2D eigenvalue weighted by Gasteiger charge is -2.29. The molecule has 2 aromatic carbocycles. The van der Waals surface area contributed by atoms with Crippen LogP contribution in [0.3, 0.4) is 0 Å². The lowest BCUT2D eigenvalue weighted by atomic mass is 9.98. The normalized spacial score (nSPS) is 26.3. The Morgan fingerprint density at radius 3 is 2.34 bits per heavy atom. The van der Waals surface area contributed by atoms with Gasteiger partial charge in [-0.15, -0.1) is 0 Å². The number of nitrogens with zero attached hydrogens (tertiary/aromatic N) is 1. The molecule has 7 heteroatoms. The van der Waals surface area contributed by atoms with E-state index in [-0.39, 0.29) is 30.4 Å². The molecule has 1 heterocycles. The highest BCUT2D eigenvalue weighted by atomic mass is 16.5. The maximum absolute atomic E-state index is 13.2. The first-order valence-electron chi connectivity index (χ1n) is 12.3. The molecule has 2 aromatic rings. The molecule has 1 aliphatic heterocycles. The Bertz CT molecular complexity index is 1210. The van der Waals surface area contributed by atoms with Crippen LogP contribution in [-0.4, -0.2) is 53.7 Å². The largest absolute Gasteiger partial charge is 0.478 e. The number of carboxylic acids is 1. The van der Waals surface area contributed by atoms with Gasteiger partial charge in [-0.05, 0) is 53.9 Å². The van der Waals surface area contributed by atoms with Gasteiger partial charge in [0.1, 0.15) is 6.61 Å². The molecule has 180 valence electrons. The minimum atomic E-state index is -0.909. The maximum atomic E-state index is 13.2. The number of carbonyl (C=O) groups excluding carboxylic acids is 2. The average Bonchev–Trinajstić information content (AvgIpc) is 3.30. The van der Waals surface area contributed by atoms with Crippen LogP contribution in [0.15, 0.2) is 60.2 Å². The molecular formula is C28H28N2O5. The second-order valence-electron chi connectivity index (χ2n) is 10.2. The van der Waals surface area contributed by atoms with E-state index in [1.54, 1.807) is 11.0 Å². The molecule has 6 rings (SSSR count). The SMILES string of the molecule is O=C(N[C@@H]1C[C@H]2C[C@@]2(C(=O)N2CC=C(C(=O)O)CC2)C1)OCC1c2ccccc2-c2ccccc21. The van der Waals surface area contributed by atoms with E-state index >= 15 is 0 Å². The van der Waals surface area contributed by atoms with Crippen LogP contribution < -0.4 is 5.32 Å². The molecule has 0 radical (unpaired) electrons. The fraction of sp³-hybridized carbons (Fsp3) is 0.393. The van der Waals surface area contributed by atoms with Gasteiger partial charge in [-0.2, -0.15) is 0 Å². The molecular weight excluding hydrogens is 444 g/mol. The number of rotatable bonds is 5. The molecule has 3 aliphatic carbocycles. The van der Waals surface area contributed by atoms with Crippen LogP contribution in [-0.2, 0) is 14.3 Å². The average molecular weight is 473 g/mol.